The third kappa shape index (κ3) is 7.83. The summed E-state index contributed by atoms with van der Waals surface area (Å²) in [6.07, 6.45) is 5.97. The zero-order valence-corrected chi connectivity index (χ0v) is 27.3. The van der Waals surface area contributed by atoms with Crippen LogP contribution in [0.5, 0.6) is 5.75 Å². The number of benzene rings is 2. The molecule has 2 aromatic carbocycles. The largest absolute Gasteiger partial charge is 0.497 e. The maximum absolute atomic E-state index is 13.6. The van der Waals surface area contributed by atoms with Gasteiger partial charge in [-0.25, -0.2) is 8.42 Å². The van der Waals surface area contributed by atoms with E-state index in [0.717, 1.165) is 58.4 Å². The van der Waals surface area contributed by atoms with Crippen LogP contribution in [0.1, 0.15) is 61.3 Å². The van der Waals surface area contributed by atoms with Gasteiger partial charge in [-0.1, -0.05) is 30.3 Å². The van der Waals surface area contributed by atoms with Crippen molar-refractivity contribution < 1.29 is 27.4 Å². The van der Waals surface area contributed by atoms with Crippen LogP contribution in [0.15, 0.2) is 47.4 Å². The van der Waals surface area contributed by atoms with Crippen LogP contribution in [0.4, 0.5) is 0 Å². The van der Waals surface area contributed by atoms with Crippen molar-refractivity contribution in [1.82, 2.24) is 14.5 Å². The van der Waals surface area contributed by atoms with Gasteiger partial charge in [-0.15, -0.1) is 0 Å². The molecule has 2 aliphatic heterocycles. The van der Waals surface area contributed by atoms with E-state index in [1.54, 1.807) is 37.4 Å². The summed E-state index contributed by atoms with van der Waals surface area (Å²) in [5, 5.41) is 3.08. The molecule has 1 aliphatic carbocycles. The van der Waals surface area contributed by atoms with Crippen molar-refractivity contribution >= 4 is 15.9 Å². The molecular formula is C34H49N3O6S. The van der Waals surface area contributed by atoms with E-state index in [4.69, 9.17) is 14.2 Å². The SMILES string of the molecule is COc1cc(C)c(S(=O)(=O)N2CCCC2COCC(=O)NCC2CCC(C(c3ccccc3)N3CCOCC3)CC2)c(C)c1. The fraction of sp³-hybridized carbons (Fsp3) is 0.618. The molecule has 1 saturated carbocycles. The Bertz CT molecular complexity index is 1320. The fourth-order valence-corrected chi connectivity index (χ4v) is 9.53. The number of aryl methyl sites for hydroxylation is 2. The summed E-state index contributed by atoms with van der Waals surface area (Å²) in [7, 11) is -2.12. The van der Waals surface area contributed by atoms with Gasteiger partial charge in [-0.2, -0.15) is 4.31 Å². The average molecular weight is 628 g/mol. The number of hydrogen-bond acceptors (Lipinski definition) is 7. The summed E-state index contributed by atoms with van der Waals surface area (Å²) in [4.78, 5) is 15.6. The zero-order valence-electron chi connectivity index (χ0n) is 26.5. The number of carbonyl (C=O) groups excluding carboxylic acids is 1. The standard InChI is InChI=1S/C34H49N3O6S/c1-25-20-31(41-3)21-26(2)34(25)44(39,40)37-15-7-10-30(37)23-43-24-32(38)35-22-27-11-13-29(14-12-27)33(28-8-5-4-6-9-28)36-16-18-42-19-17-36/h4-6,8-9,20-21,27,29-30,33H,7,10-19,22-24H2,1-3H3,(H,35,38). The molecule has 2 unspecified atom stereocenters. The smallest absolute Gasteiger partial charge is 0.246 e. The number of ether oxygens (including phenoxy) is 3. The maximum atomic E-state index is 13.6. The zero-order chi connectivity index (χ0) is 31.1. The third-order valence-corrected chi connectivity index (χ3v) is 11.9. The second kappa shape index (κ2) is 15.2. The van der Waals surface area contributed by atoms with E-state index in [9.17, 15) is 13.2 Å². The molecule has 2 aromatic rings. The lowest BCUT2D eigenvalue weighted by Crippen LogP contribution is -2.43. The lowest BCUT2D eigenvalue weighted by Gasteiger charge is -2.42. The number of sulfonamides is 1. The Labute approximate surface area is 263 Å². The van der Waals surface area contributed by atoms with E-state index >= 15 is 0 Å². The molecule has 0 aromatic heterocycles. The van der Waals surface area contributed by atoms with Crippen LogP contribution in [0.2, 0.25) is 0 Å². The summed E-state index contributed by atoms with van der Waals surface area (Å²) in [6.45, 7) is 8.38. The Hall–Kier alpha value is -2.50. The average Bonchev–Trinajstić information content (AvgIpc) is 3.51. The number of methoxy groups -OCH3 is 1. The molecule has 2 heterocycles. The predicted octanol–water partition coefficient (Wildman–Crippen LogP) is 4.48. The number of rotatable bonds is 12. The van der Waals surface area contributed by atoms with Crippen molar-refractivity contribution in [3.05, 3.63) is 59.2 Å². The summed E-state index contributed by atoms with van der Waals surface area (Å²) in [6, 6.07) is 14.5. The van der Waals surface area contributed by atoms with Crippen molar-refractivity contribution in [2.75, 3.05) is 59.7 Å². The molecule has 0 bridgehead atoms. The second-order valence-corrected chi connectivity index (χ2v) is 14.4. The molecule has 44 heavy (non-hydrogen) atoms. The van der Waals surface area contributed by atoms with E-state index < -0.39 is 10.0 Å². The third-order valence-electron chi connectivity index (χ3n) is 9.61. The first-order valence-electron chi connectivity index (χ1n) is 16.2. The Kier molecular flexibility index (Phi) is 11.4. The Balaban J connectivity index is 1.07. The topological polar surface area (TPSA) is 97.4 Å². The van der Waals surface area contributed by atoms with E-state index in [1.807, 2.05) is 0 Å². The minimum atomic E-state index is -3.70. The lowest BCUT2D eigenvalue weighted by molar-refractivity contribution is -0.126. The first-order chi connectivity index (χ1) is 21.3. The van der Waals surface area contributed by atoms with Crippen LogP contribution in [0.3, 0.4) is 0 Å². The molecule has 2 saturated heterocycles. The van der Waals surface area contributed by atoms with Crippen LogP contribution >= 0.6 is 0 Å². The van der Waals surface area contributed by atoms with Gasteiger partial charge in [0.05, 0.1) is 31.8 Å². The number of morpholine rings is 1. The summed E-state index contributed by atoms with van der Waals surface area (Å²) >= 11 is 0. The van der Waals surface area contributed by atoms with Crippen LogP contribution in [-0.2, 0) is 24.3 Å². The fourth-order valence-electron chi connectivity index (χ4n) is 7.44. The molecule has 0 spiro atoms. The van der Waals surface area contributed by atoms with Gasteiger partial charge in [0.25, 0.3) is 0 Å². The van der Waals surface area contributed by atoms with Crippen LogP contribution in [-0.4, -0.2) is 89.3 Å². The number of nitrogens with one attached hydrogen (secondary N) is 1. The van der Waals surface area contributed by atoms with Gasteiger partial charge in [0, 0.05) is 38.3 Å². The number of amides is 1. The summed E-state index contributed by atoms with van der Waals surface area (Å²) in [5.41, 5.74) is 2.73. The summed E-state index contributed by atoms with van der Waals surface area (Å²) in [5.74, 6) is 1.56. The highest BCUT2D eigenvalue weighted by atomic mass is 32.2. The van der Waals surface area contributed by atoms with E-state index in [-0.39, 0.29) is 25.2 Å². The van der Waals surface area contributed by atoms with Crippen molar-refractivity contribution in [3.63, 3.8) is 0 Å². The number of hydrogen-bond donors (Lipinski definition) is 1. The number of carbonyl (C=O) groups is 1. The van der Waals surface area contributed by atoms with Gasteiger partial charge in [0.15, 0.2) is 0 Å². The molecule has 1 N–H and O–H groups in total. The summed E-state index contributed by atoms with van der Waals surface area (Å²) < 4.78 is 45.5. The molecule has 10 heteroatoms. The molecule has 3 aliphatic rings. The molecule has 1 amide bonds. The van der Waals surface area contributed by atoms with Gasteiger partial charge in [-0.05, 0) is 93.0 Å². The molecule has 2 atom stereocenters. The minimum Gasteiger partial charge on any atom is -0.497 e. The highest BCUT2D eigenvalue weighted by Gasteiger charge is 2.37. The van der Waals surface area contributed by atoms with Gasteiger partial charge in [0.1, 0.15) is 12.4 Å². The second-order valence-electron chi connectivity index (χ2n) is 12.6. The van der Waals surface area contributed by atoms with Crippen molar-refractivity contribution in [3.8, 4) is 5.75 Å². The van der Waals surface area contributed by atoms with Gasteiger partial charge in [0.2, 0.25) is 15.9 Å². The highest BCUT2D eigenvalue weighted by molar-refractivity contribution is 7.89. The van der Waals surface area contributed by atoms with Crippen molar-refractivity contribution in [1.29, 1.82) is 0 Å². The molecule has 9 nitrogen and oxygen atoms in total. The highest BCUT2D eigenvalue weighted by Crippen LogP contribution is 2.40. The normalized spacial score (nSPS) is 24.2. The Morgan fingerprint density at radius 3 is 2.34 bits per heavy atom. The lowest BCUT2D eigenvalue weighted by atomic mass is 9.76. The molecule has 0 radical (unpaired) electrons. The van der Waals surface area contributed by atoms with E-state index in [2.05, 4.69) is 40.5 Å². The van der Waals surface area contributed by atoms with E-state index in [0.29, 0.717) is 59.2 Å². The van der Waals surface area contributed by atoms with Crippen LogP contribution in [0.25, 0.3) is 0 Å². The van der Waals surface area contributed by atoms with Crippen LogP contribution in [0, 0.1) is 25.7 Å². The van der Waals surface area contributed by atoms with Crippen LogP contribution < -0.4 is 10.1 Å². The van der Waals surface area contributed by atoms with Crippen molar-refractivity contribution in [2.24, 2.45) is 11.8 Å². The van der Waals surface area contributed by atoms with E-state index in [1.165, 1.54) is 5.56 Å². The predicted molar refractivity (Wildman–Crippen MR) is 170 cm³/mol. The monoisotopic (exact) mass is 627 g/mol. The molecular weight excluding hydrogens is 578 g/mol. The molecule has 3 fully saturated rings. The molecule has 5 rings (SSSR count). The Morgan fingerprint density at radius 1 is 1.00 bits per heavy atom. The van der Waals surface area contributed by atoms with Gasteiger partial charge < -0.3 is 19.5 Å². The van der Waals surface area contributed by atoms with Gasteiger partial charge in [-0.3, -0.25) is 9.69 Å². The molecule has 242 valence electrons. The first kappa shape index (κ1) is 32.9. The first-order valence-corrected chi connectivity index (χ1v) is 17.6. The van der Waals surface area contributed by atoms with Crippen molar-refractivity contribution in [2.45, 2.75) is 69.4 Å². The minimum absolute atomic E-state index is 0.0621. The number of nitrogens with zero attached hydrogens (tertiary/aromatic N) is 2. The Morgan fingerprint density at radius 2 is 1.68 bits per heavy atom. The van der Waals surface area contributed by atoms with Gasteiger partial charge >= 0.3 is 0 Å². The maximum Gasteiger partial charge on any atom is 0.246 e. The quantitative estimate of drug-likeness (QED) is 0.371.